The van der Waals surface area contributed by atoms with Gasteiger partial charge in [0.05, 0.1) is 5.56 Å². The van der Waals surface area contributed by atoms with E-state index in [9.17, 15) is 9.59 Å². The molecule has 0 bridgehead atoms. The van der Waals surface area contributed by atoms with E-state index in [1.54, 1.807) is 39.0 Å². The van der Waals surface area contributed by atoms with Crippen LogP contribution in [-0.2, 0) is 9.53 Å². The highest BCUT2D eigenvalue weighted by Crippen LogP contribution is 2.37. The summed E-state index contributed by atoms with van der Waals surface area (Å²) in [6.07, 6.45) is 1.73. The summed E-state index contributed by atoms with van der Waals surface area (Å²) < 4.78 is 16.6. The van der Waals surface area contributed by atoms with Crippen molar-refractivity contribution in [3.63, 3.8) is 0 Å². The maximum atomic E-state index is 12.7. The molecule has 5 heteroatoms. The Morgan fingerprint density at radius 2 is 1.89 bits per heavy atom. The maximum absolute atomic E-state index is 12.7. The van der Waals surface area contributed by atoms with Crippen LogP contribution >= 0.6 is 0 Å². The van der Waals surface area contributed by atoms with Crippen LogP contribution < -0.4 is 9.47 Å². The monoisotopic (exact) mass is 380 g/mol. The van der Waals surface area contributed by atoms with E-state index >= 15 is 0 Å². The Morgan fingerprint density at radius 1 is 1.14 bits per heavy atom. The summed E-state index contributed by atoms with van der Waals surface area (Å²) in [4.78, 5) is 24.6. The molecule has 0 fully saturated rings. The van der Waals surface area contributed by atoms with Gasteiger partial charge in [-0.25, -0.2) is 4.79 Å². The van der Waals surface area contributed by atoms with E-state index in [0.717, 1.165) is 16.7 Å². The van der Waals surface area contributed by atoms with Crippen LogP contribution in [0.2, 0.25) is 0 Å². The van der Waals surface area contributed by atoms with E-state index in [0.29, 0.717) is 17.1 Å². The molecule has 5 nitrogen and oxygen atoms in total. The number of carbonyl (C=O) groups is 2. The molecular formula is C23H24O5. The number of carbonyl (C=O) groups excluding carboxylic acids is 2. The van der Waals surface area contributed by atoms with Gasteiger partial charge in [0.2, 0.25) is 5.78 Å². The van der Waals surface area contributed by atoms with Gasteiger partial charge in [0.1, 0.15) is 17.1 Å². The molecule has 0 unspecified atom stereocenters. The average Bonchev–Trinajstić information content (AvgIpc) is 2.88. The number of Topliss-reactive ketones (excluding diaryl/α,β-unsaturated/α-hetero) is 1. The van der Waals surface area contributed by atoms with Gasteiger partial charge in [-0.05, 0) is 57.9 Å². The largest absolute Gasteiger partial charge is 0.482 e. The number of esters is 1. The smallest absolute Gasteiger partial charge is 0.344 e. The Kier molecular flexibility index (Phi) is 5.27. The minimum absolute atomic E-state index is 0.160. The SMILES string of the molecule is Cc1cccc(/C=C2\Oc3cc(OCC(=O)OC(C)(C)C)cc(C)c3C2=O)c1. The van der Waals surface area contributed by atoms with Crippen molar-refractivity contribution in [2.24, 2.45) is 0 Å². The van der Waals surface area contributed by atoms with E-state index in [1.165, 1.54) is 0 Å². The molecule has 0 aliphatic carbocycles. The van der Waals surface area contributed by atoms with Crippen LogP contribution in [0.4, 0.5) is 0 Å². The van der Waals surface area contributed by atoms with Crippen LogP contribution in [-0.4, -0.2) is 24.0 Å². The highest BCUT2D eigenvalue weighted by Gasteiger charge is 2.30. The average molecular weight is 380 g/mol. The van der Waals surface area contributed by atoms with Crippen molar-refractivity contribution in [2.75, 3.05) is 6.61 Å². The molecule has 0 aromatic heterocycles. The number of hydrogen-bond acceptors (Lipinski definition) is 5. The maximum Gasteiger partial charge on any atom is 0.344 e. The van der Waals surface area contributed by atoms with Gasteiger partial charge >= 0.3 is 5.97 Å². The number of benzene rings is 2. The van der Waals surface area contributed by atoms with Crippen molar-refractivity contribution in [3.05, 3.63) is 64.4 Å². The first-order valence-corrected chi connectivity index (χ1v) is 9.12. The van der Waals surface area contributed by atoms with Crippen LogP contribution in [0.3, 0.4) is 0 Å². The van der Waals surface area contributed by atoms with Gasteiger partial charge < -0.3 is 14.2 Å². The lowest BCUT2D eigenvalue weighted by Crippen LogP contribution is -2.27. The van der Waals surface area contributed by atoms with Crippen molar-refractivity contribution in [3.8, 4) is 11.5 Å². The van der Waals surface area contributed by atoms with Gasteiger partial charge in [0, 0.05) is 6.07 Å². The molecule has 2 aromatic carbocycles. The highest BCUT2D eigenvalue weighted by molar-refractivity contribution is 6.15. The van der Waals surface area contributed by atoms with E-state index < -0.39 is 11.6 Å². The van der Waals surface area contributed by atoms with Crippen LogP contribution in [0.15, 0.2) is 42.2 Å². The summed E-state index contributed by atoms with van der Waals surface area (Å²) in [6, 6.07) is 11.2. The van der Waals surface area contributed by atoms with E-state index in [-0.39, 0.29) is 18.1 Å². The second kappa shape index (κ2) is 7.50. The molecule has 1 aliphatic heterocycles. The summed E-state index contributed by atoms with van der Waals surface area (Å²) in [7, 11) is 0. The molecular weight excluding hydrogens is 356 g/mol. The van der Waals surface area contributed by atoms with Gasteiger partial charge in [-0.2, -0.15) is 0 Å². The number of fused-ring (bicyclic) bond motifs is 1. The fraction of sp³-hybridized carbons (Fsp3) is 0.304. The molecule has 28 heavy (non-hydrogen) atoms. The zero-order valence-electron chi connectivity index (χ0n) is 16.8. The van der Waals surface area contributed by atoms with Crippen LogP contribution in [0, 0.1) is 13.8 Å². The van der Waals surface area contributed by atoms with Crippen molar-refractivity contribution in [2.45, 2.75) is 40.2 Å². The predicted octanol–water partition coefficient (Wildman–Crippen LogP) is 4.64. The summed E-state index contributed by atoms with van der Waals surface area (Å²) in [5, 5.41) is 0. The number of aryl methyl sites for hydroxylation is 2. The van der Waals surface area contributed by atoms with E-state index in [1.807, 2.05) is 38.1 Å². The van der Waals surface area contributed by atoms with Gasteiger partial charge in [-0.1, -0.05) is 29.8 Å². The van der Waals surface area contributed by atoms with Crippen LogP contribution in [0.1, 0.15) is 47.8 Å². The minimum Gasteiger partial charge on any atom is -0.482 e. The Balaban J connectivity index is 1.78. The van der Waals surface area contributed by atoms with E-state index in [2.05, 4.69) is 0 Å². The summed E-state index contributed by atoms with van der Waals surface area (Å²) in [5.74, 6) is 0.540. The third kappa shape index (κ3) is 4.60. The number of ketones is 1. The first-order valence-electron chi connectivity index (χ1n) is 9.12. The van der Waals surface area contributed by atoms with Crippen LogP contribution in [0.25, 0.3) is 6.08 Å². The third-order valence-corrected chi connectivity index (χ3v) is 4.06. The third-order valence-electron chi connectivity index (χ3n) is 4.06. The minimum atomic E-state index is -0.570. The normalized spacial score (nSPS) is 14.6. The predicted molar refractivity (Wildman–Crippen MR) is 107 cm³/mol. The van der Waals surface area contributed by atoms with Gasteiger partial charge in [0.15, 0.2) is 12.4 Å². The fourth-order valence-electron chi connectivity index (χ4n) is 2.99. The molecule has 0 saturated carbocycles. The zero-order valence-corrected chi connectivity index (χ0v) is 16.8. The standard InChI is InChI=1S/C23H24O5/c1-14-7-6-8-16(9-14)11-19-22(25)21-15(2)10-17(12-18(21)27-19)26-13-20(24)28-23(3,4)5/h6-12H,13H2,1-5H3/b19-11-. The zero-order chi connectivity index (χ0) is 20.5. The lowest BCUT2D eigenvalue weighted by atomic mass is 10.0. The molecule has 2 aromatic rings. The van der Waals surface area contributed by atoms with Gasteiger partial charge in [-0.3, -0.25) is 4.79 Å². The highest BCUT2D eigenvalue weighted by atomic mass is 16.6. The second-order valence-electron chi connectivity index (χ2n) is 7.84. The first kappa shape index (κ1) is 19.7. The Morgan fingerprint density at radius 3 is 2.57 bits per heavy atom. The Hall–Kier alpha value is -3.08. The van der Waals surface area contributed by atoms with Crippen molar-refractivity contribution in [1.29, 1.82) is 0 Å². The fourth-order valence-corrected chi connectivity index (χ4v) is 2.99. The van der Waals surface area contributed by atoms with E-state index in [4.69, 9.17) is 14.2 Å². The Bertz CT molecular complexity index is 963. The van der Waals surface area contributed by atoms with Crippen molar-refractivity contribution < 1.29 is 23.8 Å². The van der Waals surface area contributed by atoms with Crippen molar-refractivity contribution >= 4 is 17.8 Å². The number of ether oxygens (including phenoxy) is 3. The molecule has 0 saturated heterocycles. The molecule has 3 rings (SSSR count). The Labute approximate surface area is 164 Å². The molecule has 0 N–H and O–H groups in total. The number of rotatable bonds is 4. The first-order chi connectivity index (χ1) is 13.1. The van der Waals surface area contributed by atoms with Crippen LogP contribution in [0.5, 0.6) is 11.5 Å². The topological polar surface area (TPSA) is 61.8 Å². The quantitative estimate of drug-likeness (QED) is 0.571. The number of allylic oxidation sites excluding steroid dienone is 1. The molecule has 1 aliphatic rings. The molecule has 0 spiro atoms. The summed E-state index contributed by atoms with van der Waals surface area (Å²) in [5.41, 5.74) is 2.68. The van der Waals surface area contributed by atoms with Gasteiger partial charge in [-0.15, -0.1) is 0 Å². The molecule has 1 heterocycles. The number of hydrogen-bond donors (Lipinski definition) is 0. The molecule has 146 valence electrons. The molecule has 0 amide bonds. The molecule has 0 atom stereocenters. The lowest BCUT2D eigenvalue weighted by molar-refractivity contribution is -0.157. The second-order valence-corrected chi connectivity index (χ2v) is 7.84. The molecule has 0 radical (unpaired) electrons. The lowest BCUT2D eigenvalue weighted by Gasteiger charge is -2.19. The summed E-state index contributed by atoms with van der Waals surface area (Å²) >= 11 is 0. The van der Waals surface area contributed by atoms with Crippen molar-refractivity contribution in [1.82, 2.24) is 0 Å². The summed E-state index contributed by atoms with van der Waals surface area (Å²) in [6.45, 7) is 8.99. The van der Waals surface area contributed by atoms with Gasteiger partial charge in [0.25, 0.3) is 0 Å².